The van der Waals surface area contributed by atoms with Crippen molar-refractivity contribution in [1.82, 2.24) is 14.5 Å². The minimum atomic E-state index is 0.389. The molecule has 7 aromatic rings. The summed E-state index contributed by atoms with van der Waals surface area (Å²) in [7, 11) is 0. The molecule has 0 amide bonds. The van der Waals surface area contributed by atoms with Gasteiger partial charge in [-0.05, 0) is 52.6 Å². The third kappa shape index (κ3) is 4.19. The molecule has 0 radical (unpaired) electrons. The molecule has 190 valence electrons. The molecule has 41 heavy (non-hydrogen) atoms. The lowest BCUT2D eigenvalue weighted by atomic mass is 10.0. The van der Waals surface area contributed by atoms with Crippen molar-refractivity contribution in [3.05, 3.63) is 139 Å². The van der Waals surface area contributed by atoms with E-state index in [4.69, 9.17) is 5.26 Å². The molecule has 5 heteroatoms. The SMILES string of the molecule is N#Cc1cnc(-c2ccc(-n3c4cc(-c5ccccc5)ccc4c4ccc(-c5ccccc5)cc43)c(C#N)c2)nc1. The maximum absolute atomic E-state index is 10.3. The lowest BCUT2D eigenvalue weighted by Gasteiger charge is -2.13. The van der Waals surface area contributed by atoms with Crippen molar-refractivity contribution in [2.24, 2.45) is 0 Å². The van der Waals surface area contributed by atoms with Gasteiger partial charge in [0.25, 0.3) is 0 Å². The van der Waals surface area contributed by atoms with Crippen LogP contribution in [0, 0.1) is 22.7 Å². The van der Waals surface area contributed by atoms with Crippen molar-refractivity contribution in [3.8, 4) is 51.5 Å². The number of benzene rings is 5. The molecule has 5 aromatic carbocycles. The summed E-state index contributed by atoms with van der Waals surface area (Å²) in [5.74, 6) is 0.465. The number of aromatic nitrogens is 3. The van der Waals surface area contributed by atoms with Gasteiger partial charge in [-0.25, -0.2) is 9.97 Å². The fraction of sp³-hybridized carbons (Fsp3) is 0. The van der Waals surface area contributed by atoms with Gasteiger partial charge >= 0.3 is 0 Å². The Morgan fingerprint density at radius 2 is 1.05 bits per heavy atom. The number of nitriles is 2. The third-order valence-electron chi connectivity index (χ3n) is 7.38. The first-order valence-electron chi connectivity index (χ1n) is 13.2. The monoisotopic (exact) mass is 523 g/mol. The molecule has 0 atom stereocenters. The number of hydrogen-bond acceptors (Lipinski definition) is 4. The van der Waals surface area contributed by atoms with Gasteiger partial charge in [0.2, 0.25) is 0 Å². The van der Waals surface area contributed by atoms with Crippen molar-refractivity contribution in [1.29, 1.82) is 10.5 Å². The first-order valence-corrected chi connectivity index (χ1v) is 13.2. The molecular formula is C36H21N5. The van der Waals surface area contributed by atoms with Crippen LogP contribution < -0.4 is 0 Å². The second-order valence-electron chi connectivity index (χ2n) is 9.78. The second kappa shape index (κ2) is 9.93. The number of hydrogen-bond donors (Lipinski definition) is 0. The summed E-state index contributed by atoms with van der Waals surface area (Å²) in [6.45, 7) is 0. The van der Waals surface area contributed by atoms with Crippen LogP contribution in [0.5, 0.6) is 0 Å². The summed E-state index contributed by atoms with van der Waals surface area (Å²) in [6.07, 6.45) is 2.98. The van der Waals surface area contributed by atoms with Crippen LogP contribution >= 0.6 is 0 Å². The quantitative estimate of drug-likeness (QED) is 0.232. The Bertz CT molecular complexity index is 2050. The average molecular weight is 524 g/mol. The highest BCUT2D eigenvalue weighted by Gasteiger charge is 2.18. The Hall–Kier alpha value is -6.04. The fourth-order valence-corrected chi connectivity index (χ4v) is 5.39. The Labute approximate surface area is 236 Å². The van der Waals surface area contributed by atoms with E-state index in [1.807, 2.05) is 60.7 Å². The van der Waals surface area contributed by atoms with Crippen LogP contribution in [0.25, 0.3) is 61.1 Å². The number of rotatable bonds is 4. The zero-order valence-corrected chi connectivity index (χ0v) is 21.9. The van der Waals surface area contributed by atoms with Crippen molar-refractivity contribution in [2.45, 2.75) is 0 Å². The van der Waals surface area contributed by atoms with E-state index < -0.39 is 0 Å². The lowest BCUT2D eigenvalue weighted by Crippen LogP contribution is -1.99. The summed E-state index contributed by atoms with van der Waals surface area (Å²) in [5, 5.41) is 21.7. The van der Waals surface area contributed by atoms with Crippen molar-refractivity contribution in [3.63, 3.8) is 0 Å². The van der Waals surface area contributed by atoms with E-state index in [9.17, 15) is 5.26 Å². The van der Waals surface area contributed by atoms with Gasteiger partial charge in [-0.2, -0.15) is 10.5 Å². The largest absolute Gasteiger partial charge is 0.308 e. The van der Waals surface area contributed by atoms with E-state index >= 15 is 0 Å². The Morgan fingerprint density at radius 1 is 0.512 bits per heavy atom. The molecule has 0 saturated carbocycles. The molecule has 0 aliphatic rings. The predicted molar refractivity (Wildman–Crippen MR) is 162 cm³/mol. The molecule has 2 aromatic heterocycles. The highest BCUT2D eigenvalue weighted by molar-refractivity contribution is 6.11. The Kier molecular flexibility index (Phi) is 5.82. The van der Waals surface area contributed by atoms with Gasteiger partial charge < -0.3 is 4.57 Å². The molecule has 5 nitrogen and oxygen atoms in total. The first kappa shape index (κ1) is 24.0. The maximum Gasteiger partial charge on any atom is 0.159 e. The van der Waals surface area contributed by atoms with Gasteiger partial charge in [0.1, 0.15) is 12.1 Å². The molecule has 0 N–H and O–H groups in total. The summed E-state index contributed by atoms with van der Waals surface area (Å²) < 4.78 is 2.19. The average Bonchev–Trinajstić information content (AvgIpc) is 3.38. The van der Waals surface area contributed by atoms with Gasteiger partial charge in [-0.15, -0.1) is 0 Å². The van der Waals surface area contributed by atoms with E-state index in [1.54, 1.807) is 0 Å². The van der Waals surface area contributed by atoms with Gasteiger partial charge in [-0.3, -0.25) is 0 Å². The second-order valence-corrected chi connectivity index (χ2v) is 9.78. The normalized spacial score (nSPS) is 10.9. The molecule has 0 saturated heterocycles. The topological polar surface area (TPSA) is 78.3 Å². The molecule has 0 bridgehead atoms. The molecule has 0 fully saturated rings. The zero-order chi connectivity index (χ0) is 27.8. The highest BCUT2D eigenvalue weighted by atomic mass is 15.0. The molecule has 0 unspecified atom stereocenters. The maximum atomic E-state index is 10.3. The number of fused-ring (bicyclic) bond motifs is 3. The van der Waals surface area contributed by atoms with E-state index in [0.717, 1.165) is 49.7 Å². The van der Waals surface area contributed by atoms with Crippen LogP contribution in [-0.2, 0) is 0 Å². The summed E-state index contributed by atoms with van der Waals surface area (Å²) >= 11 is 0. The summed E-state index contributed by atoms with van der Waals surface area (Å²) in [6, 6.07) is 43.8. The van der Waals surface area contributed by atoms with Crippen LogP contribution in [0.3, 0.4) is 0 Å². The van der Waals surface area contributed by atoms with Crippen molar-refractivity contribution < 1.29 is 0 Å². The minimum absolute atomic E-state index is 0.389. The predicted octanol–water partition coefficient (Wildman–Crippen LogP) is 8.32. The highest BCUT2D eigenvalue weighted by Crippen LogP contribution is 2.38. The molecular weight excluding hydrogens is 502 g/mol. The van der Waals surface area contributed by atoms with Gasteiger partial charge in [-0.1, -0.05) is 84.9 Å². The zero-order valence-electron chi connectivity index (χ0n) is 21.9. The standard InChI is InChI=1S/C36H21N5/c37-20-24-22-39-36(40-23-24)29-13-16-33(30(17-29)21-38)41-34-18-27(25-7-3-1-4-8-25)11-14-31(34)32-15-12-28(19-35(32)41)26-9-5-2-6-10-26/h1-19,22-23H. The molecule has 7 rings (SSSR count). The molecule has 2 heterocycles. The van der Waals surface area contributed by atoms with Crippen LogP contribution in [0.4, 0.5) is 0 Å². The Balaban J connectivity index is 1.49. The fourth-order valence-electron chi connectivity index (χ4n) is 5.39. The molecule has 0 spiro atoms. The first-order chi connectivity index (χ1) is 20.2. The summed E-state index contributed by atoms with van der Waals surface area (Å²) in [5.41, 5.74) is 8.89. The minimum Gasteiger partial charge on any atom is -0.308 e. The van der Waals surface area contributed by atoms with Gasteiger partial charge in [0.15, 0.2) is 5.82 Å². The van der Waals surface area contributed by atoms with Gasteiger partial charge in [0.05, 0.1) is 27.8 Å². The lowest BCUT2D eigenvalue weighted by molar-refractivity contribution is 1.14. The van der Waals surface area contributed by atoms with Crippen LogP contribution in [0.2, 0.25) is 0 Å². The van der Waals surface area contributed by atoms with Crippen LogP contribution in [0.15, 0.2) is 128 Å². The molecule has 0 aliphatic heterocycles. The number of nitrogens with zero attached hydrogens (tertiary/aromatic N) is 5. The van der Waals surface area contributed by atoms with Crippen LogP contribution in [-0.4, -0.2) is 14.5 Å². The van der Waals surface area contributed by atoms with E-state index in [0.29, 0.717) is 22.5 Å². The Morgan fingerprint density at radius 3 is 1.56 bits per heavy atom. The third-order valence-corrected chi connectivity index (χ3v) is 7.38. The van der Waals surface area contributed by atoms with Crippen molar-refractivity contribution >= 4 is 21.8 Å². The van der Waals surface area contributed by atoms with Gasteiger partial charge in [0, 0.05) is 28.7 Å². The van der Waals surface area contributed by atoms with E-state index in [-0.39, 0.29) is 0 Å². The summed E-state index contributed by atoms with van der Waals surface area (Å²) in [4.78, 5) is 8.66. The van der Waals surface area contributed by atoms with E-state index in [2.05, 4.69) is 81.3 Å². The van der Waals surface area contributed by atoms with E-state index in [1.165, 1.54) is 12.4 Å². The molecule has 0 aliphatic carbocycles. The van der Waals surface area contributed by atoms with Crippen LogP contribution in [0.1, 0.15) is 11.1 Å². The smallest absolute Gasteiger partial charge is 0.159 e. The van der Waals surface area contributed by atoms with Crippen molar-refractivity contribution in [2.75, 3.05) is 0 Å².